The molecule has 1 amide bonds. The van der Waals surface area contributed by atoms with Gasteiger partial charge >= 0.3 is 0 Å². The molecule has 0 bridgehead atoms. The summed E-state index contributed by atoms with van der Waals surface area (Å²) in [5, 5.41) is 7.65. The standard InChI is InChI=1S/C23H25N3OS2/c1-17-20(16-26(25-17)21-7-3-2-4-8-21)6-5-13-24-22(27)18-9-11-19(12-10-18)23-28-14-15-29-23/h2-4,7-12,16,23H,5-6,13-15H2,1H3,(H,24,27). The maximum atomic E-state index is 12.4. The third-order valence-electron chi connectivity index (χ3n) is 5.00. The monoisotopic (exact) mass is 423 g/mol. The number of para-hydroxylation sites is 1. The molecule has 0 saturated carbocycles. The van der Waals surface area contributed by atoms with Crippen molar-refractivity contribution in [1.82, 2.24) is 15.1 Å². The zero-order valence-electron chi connectivity index (χ0n) is 16.5. The normalized spacial score (nSPS) is 14.2. The Balaban J connectivity index is 1.26. The van der Waals surface area contributed by atoms with Crippen molar-refractivity contribution in [1.29, 1.82) is 0 Å². The number of amides is 1. The van der Waals surface area contributed by atoms with Gasteiger partial charge in [-0.3, -0.25) is 4.79 Å². The van der Waals surface area contributed by atoms with Crippen molar-refractivity contribution in [2.45, 2.75) is 24.3 Å². The van der Waals surface area contributed by atoms with E-state index >= 15 is 0 Å². The average molecular weight is 424 g/mol. The third kappa shape index (κ3) is 5.06. The third-order valence-corrected chi connectivity index (χ3v) is 8.10. The van der Waals surface area contributed by atoms with Crippen molar-refractivity contribution in [3.05, 3.63) is 83.2 Å². The van der Waals surface area contributed by atoms with E-state index in [0.717, 1.165) is 29.8 Å². The average Bonchev–Trinajstić information content (AvgIpc) is 3.42. The van der Waals surface area contributed by atoms with Crippen LogP contribution in [-0.4, -0.2) is 33.7 Å². The Morgan fingerprint density at radius 2 is 1.83 bits per heavy atom. The van der Waals surface area contributed by atoms with Gasteiger partial charge in [-0.1, -0.05) is 30.3 Å². The molecule has 0 atom stereocenters. The molecule has 1 fully saturated rings. The lowest BCUT2D eigenvalue weighted by Crippen LogP contribution is -2.24. The number of aromatic nitrogens is 2. The smallest absolute Gasteiger partial charge is 0.251 e. The van der Waals surface area contributed by atoms with Crippen molar-refractivity contribution < 1.29 is 4.79 Å². The number of hydrogen-bond acceptors (Lipinski definition) is 4. The van der Waals surface area contributed by atoms with Gasteiger partial charge in [-0.2, -0.15) is 5.10 Å². The van der Waals surface area contributed by atoms with Crippen LogP contribution in [0.15, 0.2) is 60.8 Å². The Bertz CT molecular complexity index is 948. The van der Waals surface area contributed by atoms with E-state index in [9.17, 15) is 4.79 Å². The molecule has 4 nitrogen and oxygen atoms in total. The molecule has 3 aromatic rings. The molecule has 1 aliphatic rings. The van der Waals surface area contributed by atoms with Crippen LogP contribution >= 0.6 is 23.5 Å². The van der Waals surface area contributed by atoms with Gasteiger partial charge in [0.05, 0.1) is 16.0 Å². The number of rotatable bonds is 7. The first kappa shape index (κ1) is 20.1. The lowest BCUT2D eigenvalue weighted by molar-refractivity contribution is 0.0953. The van der Waals surface area contributed by atoms with Crippen LogP contribution in [0.4, 0.5) is 0 Å². The van der Waals surface area contributed by atoms with Crippen LogP contribution in [0.1, 0.15) is 38.2 Å². The van der Waals surface area contributed by atoms with E-state index in [1.54, 1.807) is 0 Å². The highest BCUT2D eigenvalue weighted by Crippen LogP contribution is 2.45. The highest BCUT2D eigenvalue weighted by Gasteiger charge is 2.18. The van der Waals surface area contributed by atoms with Gasteiger partial charge < -0.3 is 5.32 Å². The Hall–Kier alpha value is -2.18. The summed E-state index contributed by atoms with van der Waals surface area (Å²) in [6.45, 7) is 2.70. The van der Waals surface area contributed by atoms with Gasteiger partial charge in [0.2, 0.25) is 0 Å². The van der Waals surface area contributed by atoms with Gasteiger partial charge in [0.25, 0.3) is 5.91 Å². The van der Waals surface area contributed by atoms with Crippen LogP contribution in [-0.2, 0) is 6.42 Å². The zero-order valence-corrected chi connectivity index (χ0v) is 18.1. The van der Waals surface area contributed by atoms with E-state index in [-0.39, 0.29) is 5.91 Å². The number of carbonyl (C=O) groups excluding carboxylic acids is 1. The quantitative estimate of drug-likeness (QED) is 0.542. The van der Waals surface area contributed by atoms with Crippen LogP contribution in [0.2, 0.25) is 0 Å². The van der Waals surface area contributed by atoms with E-state index in [0.29, 0.717) is 11.1 Å². The number of hydrogen-bond donors (Lipinski definition) is 1. The lowest BCUT2D eigenvalue weighted by Gasteiger charge is -2.09. The second kappa shape index (κ2) is 9.55. The van der Waals surface area contributed by atoms with Crippen molar-refractivity contribution in [3.8, 4) is 5.69 Å². The lowest BCUT2D eigenvalue weighted by atomic mass is 10.1. The molecule has 1 aliphatic heterocycles. The number of thioether (sulfide) groups is 2. The molecule has 0 radical (unpaired) electrons. The minimum absolute atomic E-state index is 0.0000179. The molecule has 6 heteroatoms. The zero-order chi connectivity index (χ0) is 20.1. The van der Waals surface area contributed by atoms with E-state index in [1.807, 2.05) is 77.6 Å². The highest BCUT2D eigenvalue weighted by atomic mass is 32.2. The Labute approximate surface area is 180 Å². The molecule has 1 aromatic heterocycles. The molecule has 2 heterocycles. The van der Waals surface area contributed by atoms with Crippen LogP contribution in [0.25, 0.3) is 5.69 Å². The van der Waals surface area contributed by atoms with Gasteiger partial charge in [0, 0.05) is 29.8 Å². The summed E-state index contributed by atoms with van der Waals surface area (Å²) < 4.78 is 2.44. The summed E-state index contributed by atoms with van der Waals surface area (Å²) in [4.78, 5) is 12.4. The van der Waals surface area contributed by atoms with Crippen LogP contribution in [0.3, 0.4) is 0 Å². The largest absolute Gasteiger partial charge is 0.352 e. The maximum Gasteiger partial charge on any atom is 0.251 e. The summed E-state index contributed by atoms with van der Waals surface area (Å²) in [6, 6.07) is 18.2. The fourth-order valence-electron chi connectivity index (χ4n) is 3.38. The molecule has 0 unspecified atom stereocenters. The minimum atomic E-state index is -0.0000179. The van der Waals surface area contributed by atoms with Crippen LogP contribution in [0.5, 0.6) is 0 Å². The molecule has 1 saturated heterocycles. The SMILES string of the molecule is Cc1nn(-c2ccccc2)cc1CCCNC(=O)c1ccc(C2SCCS2)cc1. The van der Waals surface area contributed by atoms with Crippen molar-refractivity contribution in [2.24, 2.45) is 0 Å². The summed E-state index contributed by atoms with van der Waals surface area (Å²) in [5.41, 5.74) is 5.36. The van der Waals surface area contributed by atoms with Crippen molar-refractivity contribution in [3.63, 3.8) is 0 Å². The van der Waals surface area contributed by atoms with Gasteiger partial charge in [0.15, 0.2) is 0 Å². The fourth-order valence-corrected chi connectivity index (χ4v) is 6.24. The predicted octanol–water partition coefficient (Wildman–Crippen LogP) is 5.02. The van der Waals surface area contributed by atoms with Crippen LogP contribution < -0.4 is 5.32 Å². The molecule has 29 heavy (non-hydrogen) atoms. The first-order chi connectivity index (χ1) is 14.2. The summed E-state index contributed by atoms with van der Waals surface area (Å²) in [5.74, 6) is 2.42. The molecule has 2 aromatic carbocycles. The molecular formula is C23H25N3OS2. The molecule has 0 spiro atoms. The Morgan fingerprint density at radius 3 is 2.55 bits per heavy atom. The molecular weight excluding hydrogens is 398 g/mol. The van der Waals surface area contributed by atoms with Crippen LogP contribution in [0, 0.1) is 6.92 Å². The highest BCUT2D eigenvalue weighted by molar-refractivity contribution is 8.19. The summed E-state index contributed by atoms with van der Waals surface area (Å²) in [7, 11) is 0. The van der Waals surface area contributed by atoms with Gasteiger partial charge in [-0.05, 0) is 55.2 Å². The molecule has 4 rings (SSSR count). The molecule has 1 N–H and O–H groups in total. The number of nitrogens with zero attached hydrogens (tertiary/aromatic N) is 2. The van der Waals surface area contributed by atoms with E-state index in [1.165, 1.54) is 22.6 Å². The predicted molar refractivity (Wildman–Crippen MR) is 123 cm³/mol. The topological polar surface area (TPSA) is 46.9 Å². The first-order valence-electron chi connectivity index (χ1n) is 9.92. The second-order valence-corrected chi connectivity index (χ2v) is 9.80. The number of nitrogens with one attached hydrogen (secondary N) is 1. The molecule has 150 valence electrons. The van der Waals surface area contributed by atoms with Gasteiger partial charge in [-0.25, -0.2) is 4.68 Å². The van der Waals surface area contributed by atoms with E-state index in [2.05, 4.69) is 28.7 Å². The van der Waals surface area contributed by atoms with Gasteiger partial charge in [0.1, 0.15) is 0 Å². The number of carbonyl (C=O) groups is 1. The van der Waals surface area contributed by atoms with E-state index in [4.69, 9.17) is 0 Å². The summed E-state index contributed by atoms with van der Waals surface area (Å²) in [6.07, 6.45) is 3.87. The van der Waals surface area contributed by atoms with Crippen molar-refractivity contribution >= 4 is 29.4 Å². The molecule has 0 aliphatic carbocycles. The fraction of sp³-hybridized carbons (Fsp3) is 0.304. The Morgan fingerprint density at radius 1 is 1.10 bits per heavy atom. The maximum absolute atomic E-state index is 12.4. The summed E-state index contributed by atoms with van der Waals surface area (Å²) >= 11 is 3.96. The van der Waals surface area contributed by atoms with E-state index < -0.39 is 0 Å². The second-order valence-electron chi connectivity index (χ2n) is 7.07. The van der Waals surface area contributed by atoms with Gasteiger partial charge in [-0.15, -0.1) is 23.5 Å². The van der Waals surface area contributed by atoms with Crippen molar-refractivity contribution in [2.75, 3.05) is 18.1 Å². The minimum Gasteiger partial charge on any atom is -0.352 e. The first-order valence-corrected chi connectivity index (χ1v) is 12.0. The number of benzene rings is 2. The number of aryl methyl sites for hydroxylation is 2. The Kier molecular flexibility index (Phi) is 6.62.